The zero-order valence-electron chi connectivity index (χ0n) is 14.2. The number of benzene rings is 2. The van der Waals surface area contributed by atoms with Crippen molar-refractivity contribution in [1.29, 1.82) is 0 Å². The van der Waals surface area contributed by atoms with E-state index < -0.39 is 23.2 Å². The van der Waals surface area contributed by atoms with Crippen LogP contribution in [0.3, 0.4) is 0 Å². The van der Waals surface area contributed by atoms with Gasteiger partial charge in [0.15, 0.2) is 0 Å². The Morgan fingerprint density at radius 3 is 2.56 bits per heavy atom. The Kier molecular flexibility index (Phi) is 7.54. The molecule has 0 heterocycles. The lowest BCUT2D eigenvalue weighted by Gasteiger charge is -2.19. The number of alkyl carbamates (subject to hydrolysis) is 1. The number of hydrogen-bond acceptors (Lipinski definition) is 6. The van der Waals surface area contributed by atoms with Crippen molar-refractivity contribution in [3.8, 4) is 0 Å². The van der Waals surface area contributed by atoms with Gasteiger partial charge in [0.25, 0.3) is 5.69 Å². The van der Waals surface area contributed by atoms with E-state index in [4.69, 9.17) is 16.3 Å². The van der Waals surface area contributed by atoms with Crippen LogP contribution in [0.2, 0.25) is 5.02 Å². The molecule has 8 nitrogen and oxygen atoms in total. The molecular formula is C18H19ClN2O6. The summed E-state index contributed by atoms with van der Waals surface area (Å²) in [5, 5.41) is 33.4. The summed E-state index contributed by atoms with van der Waals surface area (Å²) in [5.41, 5.74) is 0.797. The van der Waals surface area contributed by atoms with Gasteiger partial charge in [-0.15, -0.1) is 0 Å². The molecule has 27 heavy (non-hydrogen) atoms. The second-order valence-electron chi connectivity index (χ2n) is 5.75. The number of ether oxygens (including phenoxy) is 1. The van der Waals surface area contributed by atoms with Crippen LogP contribution in [0.15, 0.2) is 48.5 Å². The minimum atomic E-state index is -1.35. The van der Waals surface area contributed by atoms with E-state index in [9.17, 15) is 25.1 Å². The van der Waals surface area contributed by atoms with Gasteiger partial charge in [-0.05, 0) is 18.1 Å². The second kappa shape index (κ2) is 9.86. The van der Waals surface area contributed by atoms with Crippen molar-refractivity contribution in [2.24, 2.45) is 0 Å². The van der Waals surface area contributed by atoms with Crippen LogP contribution in [0.5, 0.6) is 0 Å². The maximum Gasteiger partial charge on any atom is 0.407 e. The minimum absolute atomic E-state index is 0.0222. The maximum absolute atomic E-state index is 11.6. The molecule has 9 heteroatoms. The maximum atomic E-state index is 11.6. The van der Waals surface area contributed by atoms with Crippen LogP contribution < -0.4 is 5.32 Å². The number of halogens is 1. The standard InChI is InChI=1S/C18H19ClN2O6/c19-15-10-13(21(25)26)6-7-14(15)17(23)16(22)8-9-20-18(24)27-11-12-4-2-1-3-5-12/h1-7,10,16-17,22-23H,8-9,11H2,(H,20,24). The number of nitrogens with zero attached hydrogens (tertiary/aromatic N) is 1. The van der Waals surface area contributed by atoms with E-state index in [1.165, 1.54) is 12.1 Å². The van der Waals surface area contributed by atoms with E-state index in [0.29, 0.717) is 0 Å². The first-order chi connectivity index (χ1) is 12.9. The Bertz CT molecular complexity index is 787. The summed E-state index contributed by atoms with van der Waals surface area (Å²) < 4.78 is 5.03. The number of carbonyl (C=O) groups is 1. The van der Waals surface area contributed by atoms with E-state index in [-0.39, 0.29) is 35.8 Å². The fourth-order valence-electron chi connectivity index (χ4n) is 2.33. The summed E-state index contributed by atoms with van der Waals surface area (Å²) >= 11 is 5.93. The first-order valence-corrected chi connectivity index (χ1v) is 8.51. The van der Waals surface area contributed by atoms with Gasteiger partial charge in [-0.1, -0.05) is 41.9 Å². The summed E-state index contributed by atoms with van der Waals surface area (Å²) in [6.45, 7) is 0.187. The molecule has 0 radical (unpaired) electrons. The molecule has 3 N–H and O–H groups in total. The first kappa shape index (κ1) is 20.6. The van der Waals surface area contributed by atoms with E-state index >= 15 is 0 Å². The van der Waals surface area contributed by atoms with E-state index in [1.807, 2.05) is 30.3 Å². The third kappa shape index (κ3) is 6.21. The molecule has 0 saturated heterocycles. The Balaban J connectivity index is 1.78. The molecule has 2 aromatic carbocycles. The van der Waals surface area contributed by atoms with E-state index in [1.54, 1.807) is 0 Å². The molecule has 2 atom stereocenters. The van der Waals surface area contributed by atoms with Crippen molar-refractivity contribution >= 4 is 23.4 Å². The average Bonchev–Trinajstić information content (AvgIpc) is 2.66. The molecule has 0 aliphatic heterocycles. The number of nitrogens with one attached hydrogen (secondary N) is 1. The van der Waals surface area contributed by atoms with Crippen LogP contribution in [0.25, 0.3) is 0 Å². The largest absolute Gasteiger partial charge is 0.445 e. The number of non-ortho nitro benzene ring substituents is 1. The predicted molar refractivity (Wildman–Crippen MR) is 98.3 cm³/mol. The third-order valence-corrected chi connectivity index (χ3v) is 4.13. The number of rotatable bonds is 8. The van der Waals surface area contributed by atoms with Gasteiger partial charge in [-0.3, -0.25) is 10.1 Å². The van der Waals surface area contributed by atoms with Crippen LogP contribution in [-0.4, -0.2) is 33.9 Å². The van der Waals surface area contributed by atoms with Gasteiger partial charge in [0.1, 0.15) is 12.7 Å². The molecule has 0 spiro atoms. The van der Waals surface area contributed by atoms with Crippen molar-refractivity contribution in [2.45, 2.75) is 25.2 Å². The van der Waals surface area contributed by atoms with Crippen molar-refractivity contribution in [2.75, 3.05) is 6.54 Å². The molecule has 0 bridgehead atoms. The lowest BCUT2D eigenvalue weighted by molar-refractivity contribution is -0.384. The Hall–Kier alpha value is -2.68. The third-order valence-electron chi connectivity index (χ3n) is 3.80. The number of hydrogen-bond donors (Lipinski definition) is 3. The summed E-state index contributed by atoms with van der Waals surface area (Å²) in [7, 11) is 0. The van der Waals surface area contributed by atoms with Gasteiger partial charge in [0, 0.05) is 24.2 Å². The molecule has 1 amide bonds. The van der Waals surface area contributed by atoms with Crippen LogP contribution in [0, 0.1) is 10.1 Å². The fourth-order valence-corrected chi connectivity index (χ4v) is 2.62. The van der Waals surface area contributed by atoms with Crippen LogP contribution in [-0.2, 0) is 11.3 Å². The first-order valence-electron chi connectivity index (χ1n) is 8.13. The Morgan fingerprint density at radius 2 is 1.93 bits per heavy atom. The fraction of sp³-hybridized carbons (Fsp3) is 0.278. The van der Waals surface area contributed by atoms with Crippen LogP contribution in [0.4, 0.5) is 10.5 Å². The summed E-state index contributed by atoms with van der Waals surface area (Å²) in [5.74, 6) is 0. The molecule has 0 fully saturated rings. The summed E-state index contributed by atoms with van der Waals surface area (Å²) in [6, 6.07) is 12.7. The van der Waals surface area contributed by atoms with Gasteiger partial charge in [-0.2, -0.15) is 0 Å². The van der Waals surface area contributed by atoms with Crippen LogP contribution >= 0.6 is 11.6 Å². The highest BCUT2D eigenvalue weighted by Crippen LogP contribution is 2.29. The number of nitro benzene ring substituents is 1. The number of carbonyl (C=O) groups excluding carboxylic acids is 1. The van der Waals surface area contributed by atoms with Gasteiger partial charge < -0.3 is 20.3 Å². The predicted octanol–water partition coefficient (Wildman–Crippen LogP) is 2.96. The Labute approximate surface area is 160 Å². The second-order valence-corrected chi connectivity index (χ2v) is 6.16. The zero-order chi connectivity index (χ0) is 19.8. The van der Waals surface area contributed by atoms with Crippen molar-refractivity contribution in [3.05, 3.63) is 74.8 Å². The summed E-state index contributed by atoms with van der Waals surface area (Å²) in [4.78, 5) is 21.7. The lowest BCUT2D eigenvalue weighted by atomic mass is 10.0. The SMILES string of the molecule is O=C(NCCC(O)C(O)c1ccc([N+](=O)[O-])cc1Cl)OCc1ccccc1. The Morgan fingerprint density at radius 1 is 1.22 bits per heavy atom. The molecular weight excluding hydrogens is 376 g/mol. The molecule has 2 unspecified atom stereocenters. The molecule has 0 aromatic heterocycles. The van der Waals surface area contributed by atoms with E-state index in [2.05, 4.69) is 5.32 Å². The molecule has 2 aromatic rings. The molecule has 0 aliphatic carbocycles. The van der Waals surface area contributed by atoms with Crippen LogP contribution in [0.1, 0.15) is 23.7 Å². The molecule has 0 aliphatic rings. The molecule has 144 valence electrons. The van der Waals surface area contributed by atoms with Gasteiger partial charge in [0.05, 0.1) is 16.0 Å². The highest BCUT2D eigenvalue weighted by Gasteiger charge is 2.22. The topological polar surface area (TPSA) is 122 Å². The normalized spacial score (nSPS) is 12.9. The zero-order valence-corrected chi connectivity index (χ0v) is 15.0. The number of nitro groups is 1. The quantitative estimate of drug-likeness (QED) is 0.467. The smallest absolute Gasteiger partial charge is 0.407 e. The summed E-state index contributed by atoms with van der Waals surface area (Å²) in [6.07, 6.45) is -3.18. The van der Waals surface area contributed by atoms with Gasteiger partial charge in [0.2, 0.25) is 0 Å². The van der Waals surface area contributed by atoms with Gasteiger partial charge in [-0.25, -0.2) is 4.79 Å². The monoisotopic (exact) mass is 394 g/mol. The molecule has 2 rings (SSSR count). The van der Waals surface area contributed by atoms with E-state index in [0.717, 1.165) is 11.6 Å². The average molecular weight is 395 g/mol. The number of aliphatic hydroxyl groups is 2. The van der Waals surface area contributed by atoms with Gasteiger partial charge >= 0.3 is 6.09 Å². The van der Waals surface area contributed by atoms with Crippen molar-refractivity contribution in [3.63, 3.8) is 0 Å². The number of amides is 1. The number of aliphatic hydroxyl groups excluding tert-OH is 2. The lowest BCUT2D eigenvalue weighted by Crippen LogP contribution is -2.29. The van der Waals surface area contributed by atoms with Crippen molar-refractivity contribution < 1.29 is 24.7 Å². The van der Waals surface area contributed by atoms with Crippen molar-refractivity contribution in [1.82, 2.24) is 5.32 Å². The minimum Gasteiger partial charge on any atom is -0.445 e. The highest BCUT2D eigenvalue weighted by molar-refractivity contribution is 6.31. The highest BCUT2D eigenvalue weighted by atomic mass is 35.5. The molecule has 0 saturated carbocycles.